The van der Waals surface area contributed by atoms with Gasteiger partial charge in [0.1, 0.15) is 23.7 Å². The lowest BCUT2D eigenvalue weighted by atomic mass is 10.00. The van der Waals surface area contributed by atoms with Crippen LogP contribution in [-0.2, 0) is 6.61 Å². The summed E-state index contributed by atoms with van der Waals surface area (Å²) in [7, 11) is 0. The molecule has 10 heteroatoms. The van der Waals surface area contributed by atoms with Gasteiger partial charge in [-0.05, 0) is 55.8 Å². The Morgan fingerprint density at radius 1 is 0.975 bits per heavy atom. The van der Waals surface area contributed by atoms with Crippen molar-refractivity contribution < 1.29 is 23.1 Å². The normalized spacial score (nSPS) is 13.7. The van der Waals surface area contributed by atoms with Crippen LogP contribution in [0.4, 0.5) is 8.78 Å². The first-order valence-corrected chi connectivity index (χ1v) is 12.8. The quantitative estimate of drug-likeness (QED) is 0.220. The largest absolute Gasteiger partial charge is 0.487 e. The van der Waals surface area contributed by atoms with Gasteiger partial charge in [-0.1, -0.05) is 35.9 Å². The molecule has 0 saturated carbocycles. The predicted molar refractivity (Wildman–Crippen MR) is 145 cm³/mol. The molecule has 5 aromatic rings. The van der Waals surface area contributed by atoms with E-state index in [0.717, 1.165) is 17.2 Å². The number of pyridine rings is 1. The smallest absolute Gasteiger partial charge is 0.262 e. The molecule has 1 atom stereocenters. The zero-order valence-corrected chi connectivity index (χ0v) is 22.1. The molecule has 2 amide bonds. The number of ether oxygens (including phenoxy) is 1. The van der Waals surface area contributed by atoms with E-state index < -0.39 is 29.5 Å². The summed E-state index contributed by atoms with van der Waals surface area (Å²) in [5.41, 5.74) is 3.16. The molecule has 0 spiro atoms. The Hall–Kier alpha value is -4.63. The Morgan fingerprint density at radius 2 is 1.70 bits per heavy atom. The summed E-state index contributed by atoms with van der Waals surface area (Å²) in [5.74, 6) is -1.59. The van der Waals surface area contributed by atoms with Crippen LogP contribution in [0, 0.1) is 18.6 Å². The predicted octanol–water partition coefficient (Wildman–Crippen LogP) is 6.60. The van der Waals surface area contributed by atoms with E-state index in [0.29, 0.717) is 50.3 Å². The summed E-state index contributed by atoms with van der Waals surface area (Å²) in [6.45, 7) is 3.36. The maximum Gasteiger partial charge on any atom is 0.262 e. The molecule has 3 aromatic carbocycles. The number of hydrogen-bond donors (Lipinski definition) is 0. The van der Waals surface area contributed by atoms with Crippen LogP contribution in [0.1, 0.15) is 50.5 Å². The van der Waals surface area contributed by atoms with Crippen molar-refractivity contribution in [3.05, 3.63) is 118 Å². The topological polar surface area (TPSA) is 77.3 Å². The summed E-state index contributed by atoms with van der Waals surface area (Å²) in [4.78, 5) is 32.0. The molecule has 2 aromatic heterocycles. The minimum atomic E-state index is -0.826. The molecule has 1 aliphatic rings. The van der Waals surface area contributed by atoms with Crippen LogP contribution in [-0.4, -0.2) is 31.5 Å². The van der Waals surface area contributed by atoms with Gasteiger partial charge in [0.25, 0.3) is 11.8 Å². The fourth-order valence-corrected chi connectivity index (χ4v) is 5.33. The lowest BCUT2D eigenvalue weighted by Crippen LogP contribution is -2.33. The molecule has 1 aliphatic heterocycles. The van der Waals surface area contributed by atoms with Gasteiger partial charge >= 0.3 is 0 Å². The van der Waals surface area contributed by atoms with Crippen LogP contribution in [0.2, 0.25) is 5.02 Å². The lowest BCUT2D eigenvalue weighted by Gasteiger charge is -2.26. The number of hydrogen-bond acceptors (Lipinski definition) is 5. The molecule has 0 N–H and O–H groups in total. The van der Waals surface area contributed by atoms with Crippen LogP contribution >= 0.6 is 11.6 Å². The summed E-state index contributed by atoms with van der Waals surface area (Å²) < 4.78 is 35.9. The first-order chi connectivity index (χ1) is 19.2. The lowest BCUT2D eigenvalue weighted by molar-refractivity contribution is 0.0593. The highest BCUT2D eigenvalue weighted by atomic mass is 35.5. The van der Waals surface area contributed by atoms with E-state index in [2.05, 4.69) is 10.1 Å². The number of nitrogens with zero attached hydrogens (tertiary/aromatic N) is 4. The fraction of sp³-hybridized carbons (Fsp3) is 0.133. The molecule has 40 heavy (non-hydrogen) atoms. The first-order valence-electron chi connectivity index (χ1n) is 12.4. The summed E-state index contributed by atoms with van der Waals surface area (Å²) in [6.07, 6.45) is 2.39. The monoisotopic (exact) mass is 558 g/mol. The van der Waals surface area contributed by atoms with Crippen molar-refractivity contribution in [1.29, 1.82) is 0 Å². The van der Waals surface area contributed by atoms with Gasteiger partial charge in [-0.3, -0.25) is 14.5 Å². The van der Waals surface area contributed by atoms with Crippen molar-refractivity contribution in [1.82, 2.24) is 19.7 Å². The Morgan fingerprint density at radius 3 is 2.38 bits per heavy atom. The van der Waals surface area contributed by atoms with E-state index in [4.69, 9.17) is 16.3 Å². The van der Waals surface area contributed by atoms with Crippen LogP contribution in [0.15, 0.2) is 73.1 Å². The molecule has 0 aliphatic carbocycles. The first kappa shape index (κ1) is 25.6. The number of fused-ring (bicyclic) bond motifs is 2. The number of amides is 2. The third-order valence-corrected chi connectivity index (χ3v) is 7.27. The Labute approximate surface area is 232 Å². The van der Waals surface area contributed by atoms with Gasteiger partial charge in [-0.15, -0.1) is 0 Å². The number of halogens is 3. The van der Waals surface area contributed by atoms with Gasteiger partial charge < -0.3 is 4.74 Å². The van der Waals surface area contributed by atoms with Crippen molar-refractivity contribution in [2.24, 2.45) is 0 Å². The SMILES string of the molecule is Cc1cc(-n2cc(F)cn2)c2cccc(OCc3c(Cl)cc(F)cc3[C@H](C)N3C(=O)c4ccccc4C3=O)c2n1. The molecular formula is C30H21ClF2N4O3. The van der Waals surface area contributed by atoms with Gasteiger partial charge in [0.15, 0.2) is 5.82 Å². The second-order valence-corrected chi connectivity index (χ2v) is 9.89. The minimum Gasteiger partial charge on any atom is -0.487 e. The zero-order chi connectivity index (χ0) is 28.1. The number of aromatic nitrogens is 3. The molecule has 200 valence electrons. The average Bonchev–Trinajstić information content (AvgIpc) is 3.47. The summed E-state index contributed by atoms with van der Waals surface area (Å²) in [6, 6.07) is 15.3. The molecule has 3 heterocycles. The maximum atomic E-state index is 14.6. The van der Waals surface area contributed by atoms with Gasteiger partial charge in [-0.2, -0.15) is 5.10 Å². The van der Waals surface area contributed by atoms with E-state index in [9.17, 15) is 18.4 Å². The third-order valence-electron chi connectivity index (χ3n) is 6.94. The van der Waals surface area contributed by atoms with Gasteiger partial charge in [0.05, 0.1) is 40.3 Å². The molecule has 7 nitrogen and oxygen atoms in total. The Bertz CT molecular complexity index is 1800. The van der Waals surface area contributed by atoms with Crippen molar-refractivity contribution in [2.75, 3.05) is 0 Å². The zero-order valence-electron chi connectivity index (χ0n) is 21.4. The number of benzene rings is 3. The van der Waals surface area contributed by atoms with Crippen LogP contribution in [0.5, 0.6) is 5.75 Å². The molecule has 6 rings (SSSR count). The summed E-state index contributed by atoms with van der Waals surface area (Å²) in [5, 5.41) is 4.85. The van der Waals surface area contributed by atoms with Crippen molar-refractivity contribution in [2.45, 2.75) is 26.5 Å². The van der Waals surface area contributed by atoms with Gasteiger partial charge in [-0.25, -0.2) is 18.4 Å². The van der Waals surface area contributed by atoms with E-state index >= 15 is 0 Å². The van der Waals surface area contributed by atoms with E-state index in [1.54, 1.807) is 56.3 Å². The number of carbonyl (C=O) groups excluding carboxylic acids is 2. The van der Waals surface area contributed by atoms with E-state index in [1.807, 2.05) is 6.07 Å². The molecule has 0 radical (unpaired) electrons. The van der Waals surface area contributed by atoms with Crippen LogP contribution in [0.3, 0.4) is 0 Å². The number of para-hydroxylation sites is 1. The number of rotatable bonds is 6. The maximum absolute atomic E-state index is 14.6. The molecule has 0 bridgehead atoms. The highest BCUT2D eigenvalue weighted by molar-refractivity contribution is 6.31. The van der Waals surface area contributed by atoms with E-state index in [1.165, 1.54) is 16.9 Å². The summed E-state index contributed by atoms with van der Waals surface area (Å²) >= 11 is 6.49. The number of imide groups is 1. The fourth-order valence-electron chi connectivity index (χ4n) is 5.06. The third kappa shape index (κ3) is 4.28. The van der Waals surface area contributed by atoms with Crippen molar-refractivity contribution >= 4 is 34.3 Å². The van der Waals surface area contributed by atoms with Crippen LogP contribution in [0.25, 0.3) is 16.6 Å². The highest BCUT2D eigenvalue weighted by Crippen LogP contribution is 2.36. The molecule has 0 fully saturated rings. The second kappa shape index (κ2) is 9.84. The highest BCUT2D eigenvalue weighted by Gasteiger charge is 2.39. The van der Waals surface area contributed by atoms with Gasteiger partial charge in [0, 0.05) is 16.6 Å². The average molecular weight is 559 g/mol. The number of carbonyl (C=O) groups is 2. The van der Waals surface area contributed by atoms with Crippen LogP contribution < -0.4 is 4.74 Å². The number of aryl methyl sites for hydroxylation is 1. The molecule has 0 unspecified atom stereocenters. The minimum absolute atomic E-state index is 0.0931. The Balaban J connectivity index is 1.37. The second-order valence-electron chi connectivity index (χ2n) is 9.48. The molecule has 0 saturated heterocycles. The van der Waals surface area contributed by atoms with Crippen molar-refractivity contribution in [3.63, 3.8) is 0 Å². The Kier molecular flexibility index (Phi) is 6.31. The van der Waals surface area contributed by atoms with E-state index in [-0.39, 0.29) is 11.6 Å². The van der Waals surface area contributed by atoms with Gasteiger partial charge in [0.2, 0.25) is 0 Å². The molecular weight excluding hydrogens is 538 g/mol. The van der Waals surface area contributed by atoms with Crippen molar-refractivity contribution in [3.8, 4) is 11.4 Å². The standard InChI is InChI=1S/C30H21ClF2N4O3/c1-16-10-26(36-14-19(33)13-34-36)22-8-5-9-27(28(22)35-16)40-15-24-23(11-18(32)12-25(24)31)17(2)37-29(38)20-6-3-4-7-21(20)30(37)39/h3-14,17H,15H2,1-2H3/t17-/m0/s1.